The van der Waals surface area contributed by atoms with Gasteiger partial charge in [-0.2, -0.15) is 0 Å². The van der Waals surface area contributed by atoms with Crippen molar-refractivity contribution < 1.29 is 0 Å². The van der Waals surface area contributed by atoms with Crippen molar-refractivity contribution in [1.29, 1.82) is 0 Å². The van der Waals surface area contributed by atoms with Crippen LogP contribution in [0.4, 0.5) is 0 Å². The van der Waals surface area contributed by atoms with Crippen molar-refractivity contribution >= 4 is 5.57 Å². The maximum atomic E-state index is 3.89. The molecule has 1 aromatic rings. The fourth-order valence-corrected chi connectivity index (χ4v) is 2.11. The van der Waals surface area contributed by atoms with Gasteiger partial charge in [-0.05, 0) is 42.5 Å². The normalized spacial score (nSPS) is 14.8. The Hall–Kier alpha value is -1.56. The highest BCUT2D eigenvalue weighted by Crippen LogP contribution is 2.34. The lowest BCUT2D eigenvalue weighted by atomic mass is 10.0. The number of aryl methyl sites for hydroxylation is 1. The lowest BCUT2D eigenvalue weighted by Crippen LogP contribution is -1.84. The lowest BCUT2D eigenvalue weighted by Gasteiger charge is -2.02. The number of hydrogen-bond acceptors (Lipinski definition) is 0. The molecule has 15 heavy (non-hydrogen) atoms. The third-order valence-electron chi connectivity index (χ3n) is 2.86. The molecular weight excluding hydrogens is 180 g/mol. The quantitative estimate of drug-likeness (QED) is 0.669. The van der Waals surface area contributed by atoms with Crippen molar-refractivity contribution in [2.24, 2.45) is 0 Å². The van der Waals surface area contributed by atoms with E-state index in [0.717, 1.165) is 6.42 Å². The molecule has 0 spiro atoms. The molecule has 0 aromatic heterocycles. The van der Waals surface area contributed by atoms with Crippen molar-refractivity contribution in [3.8, 4) is 0 Å². The van der Waals surface area contributed by atoms with Gasteiger partial charge in [-0.1, -0.05) is 48.6 Å². The molecule has 1 aliphatic rings. The minimum atomic E-state index is 1.03. The summed E-state index contributed by atoms with van der Waals surface area (Å²) in [7, 11) is 0. The van der Waals surface area contributed by atoms with Crippen LogP contribution in [0.2, 0.25) is 0 Å². The fraction of sp³-hybridized carbons (Fsp3) is 0.200. The Balaban J connectivity index is 2.58. The molecule has 76 valence electrons. The minimum absolute atomic E-state index is 1.03. The number of hydrogen-bond donors (Lipinski definition) is 0. The molecular formula is C15H16. The maximum absolute atomic E-state index is 3.89. The van der Waals surface area contributed by atoms with Gasteiger partial charge in [0.2, 0.25) is 0 Å². The Labute approximate surface area is 91.6 Å². The van der Waals surface area contributed by atoms with Crippen molar-refractivity contribution in [2.45, 2.75) is 20.3 Å². The van der Waals surface area contributed by atoms with Crippen LogP contribution in [0.5, 0.6) is 0 Å². The summed E-state index contributed by atoms with van der Waals surface area (Å²) < 4.78 is 0. The Bertz CT molecular complexity index is 459. The second-order valence-electron chi connectivity index (χ2n) is 3.98. The molecule has 0 heteroatoms. The molecule has 0 N–H and O–H groups in total. The molecule has 0 amide bonds. The highest BCUT2D eigenvalue weighted by Gasteiger charge is 2.17. The van der Waals surface area contributed by atoms with Gasteiger partial charge in [-0.25, -0.2) is 0 Å². The lowest BCUT2D eigenvalue weighted by molar-refractivity contribution is 1.24. The van der Waals surface area contributed by atoms with E-state index in [2.05, 4.69) is 50.8 Å². The third-order valence-corrected chi connectivity index (χ3v) is 2.86. The van der Waals surface area contributed by atoms with Gasteiger partial charge >= 0.3 is 0 Å². The molecule has 0 nitrogen and oxygen atoms in total. The van der Waals surface area contributed by atoms with E-state index in [0.29, 0.717) is 0 Å². The minimum Gasteiger partial charge on any atom is -0.0988 e. The van der Waals surface area contributed by atoms with Gasteiger partial charge in [0.15, 0.2) is 0 Å². The van der Waals surface area contributed by atoms with Crippen LogP contribution in [-0.2, 0) is 6.42 Å². The Morgan fingerprint density at radius 2 is 2.13 bits per heavy atom. The number of rotatable bonds is 2. The zero-order chi connectivity index (χ0) is 10.8. The van der Waals surface area contributed by atoms with Crippen molar-refractivity contribution in [3.63, 3.8) is 0 Å². The molecule has 0 unspecified atom stereocenters. The van der Waals surface area contributed by atoms with Crippen LogP contribution in [0.15, 0.2) is 48.6 Å². The maximum Gasteiger partial charge on any atom is -0.00137 e. The van der Waals surface area contributed by atoms with Crippen LogP contribution in [0.25, 0.3) is 5.57 Å². The molecule has 0 bridgehead atoms. The average molecular weight is 196 g/mol. The number of benzene rings is 1. The van der Waals surface area contributed by atoms with Crippen LogP contribution in [0, 0.1) is 6.92 Å². The second kappa shape index (κ2) is 3.90. The van der Waals surface area contributed by atoms with Crippen molar-refractivity contribution in [2.75, 3.05) is 0 Å². The predicted octanol–water partition coefficient (Wildman–Crippen LogP) is 4.07. The van der Waals surface area contributed by atoms with Crippen molar-refractivity contribution in [1.82, 2.24) is 0 Å². The highest BCUT2D eigenvalue weighted by molar-refractivity contribution is 5.84. The molecule has 0 fully saturated rings. The topological polar surface area (TPSA) is 0 Å². The first-order valence-electron chi connectivity index (χ1n) is 5.34. The Morgan fingerprint density at radius 3 is 2.80 bits per heavy atom. The molecule has 0 radical (unpaired) electrons. The first kappa shape index (κ1) is 9.97. The summed E-state index contributed by atoms with van der Waals surface area (Å²) in [6.45, 7) is 8.08. The van der Waals surface area contributed by atoms with Gasteiger partial charge < -0.3 is 0 Å². The fourth-order valence-electron chi connectivity index (χ4n) is 2.11. The first-order chi connectivity index (χ1) is 7.26. The predicted molar refractivity (Wildman–Crippen MR) is 66.8 cm³/mol. The van der Waals surface area contributed by atoms with Gasteiger partial charge in [0.05, 0.1) is 0 Å². The molecule has 0 saturated heterocycles. The Morgan fingerprint density at radius 1 is 1.33 bits per heavy atom. The van der Waals surface area contributed by atoms with Crippen LogP contribution < -0.4 is 0 Å². The summed E-state index contributed by atoms with van der Waals surface area (Å²) in [4.78, 5) is 0. The van der Waals surface area contributed by atoms with E-state index in [1.54, 1.807) is 0 Å². The van der Waals surface area contributed by atoms with Gasteiger partial charge in [-0.15, -0.1) is 0 Å². The molecule has 0 heterocycles. The third kappa shape index (κ3) is 1.68. The van der Waals surface area contributed by atoms with E-state index < -0.39 is 0 Å². The molecule has 1 aliphatic carbocycles. The smallest absolute Gasteiger partial charge is 0.00137 e. The summed E-state index contributed by atoms with van der Waals surface area (Å²) in [5, 5.41) is 0. The summed E-state index contributed by atoms with van der Waals surface area (Å²) in [6.07, 6.45) is 7.28. The molecule has 0 atom stereocenters. The molecule has 0 aliphatic heterocycles. The zero-order valence-corrected chi connectivity index (χ0v) is 9.38. The van der Waals surface area contributed by atoms with Crippen LogP contribution in [0.1, 0.15) is 23.6 Å². The van der Waals surface area contributed by atoms with E-state index in [1.165, 1.54) is 27.8 Å². The molecule has 2 rings (SSSR count). The van der Waals surface area contributed by atoms with Crippen LogP contribution in [0.3, 0.4) is 0 Å². The van der Waals surface area contributed by atoms with Gasteiger partial charge in [0.1, 0.15) is 0 Å². The number of fused-ring (bicyclic) bond motifs is 1. The molecule has 0 saturated carbocycles. The van der Waals surface area contributed by atoms with E-state index >= 15 is 0 Å². The van der Waals surface area contributed by atoms with E-state index in [9.17, 15) is 0 Å². The largest absolute Gasteiger partial charge is 0.0988 e. The van der Waals surface area contributed by atoms with E-state index in [-0.39, 0.29) is 0 Å². The van der Waals surface area contributed by atoms with Gasteiger partial charge in [-0.3, -0.25) is 0 Å². The van der Waals surface area contributed by atoms with Crippen molar-refractivity contribution in [3.05, 3.63) is 65.3 Å². The standard InChI is InChI=1S/C15H16/c1-4-6-14-12(5-2)10-13-8-7-11(3)9-15(13)14/h4-9H,2,10H2,1,3H3/b6-4-. The first-order valence-corrected chi connectivity index (χ1v) is 5.34. The zero-order valence-electron chi connectivity index (χ0n) is 9.38. The highest BCUT2D eigenvalue weighted by atomic mass is 14.2. The summed E-state index contributed by atoms with van der Waals surface area (Å²) in [6, 6.07) is 6.67. The van der Waals surface area contributed by atoms with Gasteiger partial charge in [0, 0.05) is 0 Å². The number of allylic oxidation sites excluding steroid dienone is 5. The van der Waals surface area contributed by atoms with Gasteiger partial charge in [0.25, 0.3) is 0 Å². The second-order valence-corrected chi connectivity index (χ2v) is 3.98. The summed E-state index contributed by atoms with van der Waals surface area (Å²) in [5.74, 6) is 0. The SMILES string of the molecule is C=CC1=C(/C=C\C)c2cc(C)ccc2C1. The van der Waals surface area contributed by atoms with Crippen LogP contribution >= 0.6 is 0 Å². The van der Waals surface area contributed by atoms with Crippen LogP contribution in [-0.4, -0.2) is 0 Å². The van der Waals surface area contributed by atoms with E-state index in [4.69, 9.17) is 0 Å². The molecule has 1 aromatic carbocycles. The summed E-state index contributed by atoms with van der Waals surface area (Å²) in [5.41, 5.74) is 6.80. The monoisotopic (exact) mass is 196 g/mol. The van der Waals surface area contributed by atoms with E-state index in [1.807, 2.05) is 6.08 Å². The Kier molecular flexibility index (Phi) is 2.59. The average Bonchev–Trinajstić information content (AvgIpc) is 2.57. The summed E-state index contributed by atoms with van der Waals surface area (Å²) >= 11 is 0.